The van der Waals surface area contributed by atoms with Crippen LogP contribution in [0, 0.1) is 0 Å². The third-order valence-electron chi connectivity index (χ3n) is 3.24. The van der Waals surface area contributed by atoms with Gasteiger partial charge in [-0.15, -0.1) is 0 Å². The Kier molecular flexibility index (Phi) is 3.78. The molecule has 1 heterocycles. The number of hydrogen-bond donors (Lipinski definition) is 2. The average molecular weight is 368 g/mol. The van der Waals surface area contributed by atoms with Gasteiger partial charge in [0, 0.05) is 16.6 Å². The number of ether oxygens (including phenoxy) is 1. The molecule has 3 rings (SSSR count). The van der Waals surface area contributed by atoms with Gasteiger partial charge in [-0.3, -0.25) is 4.79 Å². The summed E-state index contributed by atoms with van der Waals surface area (Å²) in [6.45, 7) is 0. The summed E-state index contributed by atoms with van der Waals surface area (Å²) in [5.74, 6) is 1.08. The van der Waals surface area contributed by atoms with Gasteiger partial charge in [0.1, 0.15) is 5.75 Å². The van der Waals surface area contributed by atoms with Gasteiger partial charge in [0.15, 0.2) is 5.75 Å². The highest BCUT2D eigenvalue weighted by molar-refractivity contribution is 9.10. The Morgan fingerprint density at radius 2 is 2.00 bits per heavy atom. The molecule has 1 aliphatic rings. The molecule has 4 nitrogen and oxygen atoms in total. The van der Waals surface area contributed by atoms with Gasteiger partial charge in [0.25, 0.3) is 0 Å². The predicted octanol–water partition coefficient (Wildman–Crippen LogP) is 4.36. The number of rotatable bonds is 2. The molecule has 0 aliphatic carbocycles. The molecule has 2 aromatic carbocycles. The number of hydrogen-bond acceptors (Lipinski definition) is 3. The van der Waals surface area contributed by atoms with Gasteiger partial charge in [0.2, 0.25) is 5.91 Å². The van der Waals surface area contributed by atoms with Crippen LogP contribution in [0.3, 0.4) is 0 Å². The first kappa shape index (κ1) is 14.2. The maximum atomic E-state index is 11.4. The zero-order valence-corrected chi connectivity index (χ0v) is 13.3. The summed E-state index contributed by atoms with van der Waals surface area (Å²) < 4.78 is 6.67. The summed E-state index contributed by atoms with van der Waals surface area (Å²) in [5.41, 5.74) is 8.20. The van der Waals surface area contributed by atoms with Gasteiger partial charge < -0.3 is 15.8 Å². The first-order valence-electron chi connectivity index (χ1n) is 6.38. The number of carbonyl (C=O) groups excluding carboxylic acids is 1. The summed E-state index contributed by atoms with van der Waals surface area (Å²) in [6, 6.07) is 8.94. The summed E-state index contributed by atoms with van der Waals surface area (Å²) in [7, 11) is 0. The summed E-state index contributed by atoms with van der Waals surface area (Å²) in [5, 5.41) is 3.30. The number of carbonyl (C=O) groups is 1. The minimum Gasteiger partial charge on any atom is -0.454 e. The molecular weight excluding hydrogens is 356 g/mol. The van der Waals surface area contributed by atoms with Crippen LogP contribution in [0.15, 0.2) is 34.8 Å². The Bertz CT molecular complexity index is 734. The second kappa shape index (κ2) is 5.58. The standard InChI is InChI=1S/C15H12BrClN2O2/c16-9-2-3-13(10(17)6-9)21-14-5-8-1-4-15(20)19-12(8)7-11(14)18/h2-3,5-7H,1,4,18H2,(H,19,20). The van der Waals surface area contributed by atoms with Gasteiger partial charge in [-0.25, -0.2) is 0 Å². The van der Waals surface area contributed by atoms with Crippen LogP contribution < -0.4 is 15.8 Å². The summed E-state index contributed by atoms with van der Waals surface area (Å²) in [4.78, 5) is 11.4. The van der Waals surface area contributed by atoms with Crippen LogP contribution in [0.25, 0.3) is 0 Å². The van der Waals surface area contributed by atoms with Crippen molar-refractivity contribution in [2.45, 2.75) is 12.8 Å². The molecule has 0 radical (unpaired) electrons. The Balaban J connectivity index is 1.94. The molecule has 0 aromatic heterocycles. The SMILES string of the molecule is Nc1cc2c(cc1Oc1ccc(Br)cc1Cl)CCC(=O)N2. The molecule has 6 heteroatoms. The van der Waals surface area contributed by atoms with E-state index < -0.39 is 0 Å². The lowest BCUT2D eigenvalue weighted by atomic mass is 10.0. The van der Waals surface area contributed by atoms with Crippen molar-refractivity contribution in [2.24, 2.45) is 0 Å². The number of nitrogen functional groups attached to an aromatic ring is 1. The normalized spacial score (nSPS) is 13.5. The van der Waals surface area contributed by atoms with Crippen molar-refractivity contribution < 1.29 is 9.53 Å². The minimum absolute atomic E-state index is 0.00604. The fourth-order valence-electron chi connectivity index (χ4n) is 2.19. The lowest BCUT2D eigenvalue weighted by molar-refractivity contribution is -0.116. The highest BCUT2D eigenvalue weighted by Crippen LogP contribution is 2.37. The van der Waals surface area contributed by atoms with Crippen LogP contribution in [-0.2, 0) is 11.2 Å². The van der Waals surface area contributed by atoms with Crippen LogP contribution in [0.4, 0.5) is 11.4 Å². The van der Waals surface area contributed by atoms with Crippen molar-refractivity contribution in [2.75, 3.05) is 11.1 Å². The third kappa shape index (κ3) is 2.99. The minimum atomic E-state index is 0.00604. The van der Waals surface area contributed by atoms with Crippen LogP contribution in [0.5, 0.6) is 11.5 Å². The van der Waals surface area contributed by atoms with Gasteiger partial charge >= 0.3 is 0 Å². The molecular formula is C15H12BrClN2O2. The Hall–Kier alpha value is -1.72. The number of nitrogens with one attached hydrogen (secondary N) is 1. The second-order valence-corrected chi connectivity index (χ2v) is 6.10. The summed E-state index contributed by atoms with van der Waals surface area (Å²) in [6.07, 6.45) is 1.14. The first-order chi connectivity index (χ1) is 10.0. The number of fused-ring (bicyclic) bond motifs is 1. The number of amides is 1. The third-order valence-corrected chi connectivity index (χ3v) is 4.03. The van der Waals surface area contributed by atoms with Crippen molar-refractivity contribution in [3.8, 4) is 11.5 Å². The van der Waals surface area contributed by atoms with Crippen LogP contribution in [0.2, 0.25) is 5.02 Å². The molecule has 0 unspecified atom stereocenters. The number of aryl methyl sites for hydroxylation is 1. The van der Waals surface area contributed by atoms with Crippen LogP contribution in [0.1, 0.15) is 12.0 Å². The zero-order valence-electron chi connectivity index (χ0n) is 11.0. The molecule has 108 valence electrons. The van der Waals surface area contributed by atoms with E-state index in [1.807, 2.05) is 12.1 Å². The molecule has 0 atom stereocenters. The largest absolute Gasteiger partial charge is 0.454 e. The lowest BCUT2D eigenvalue weighted by Gasteiger charge is -2.19. The van der Waals surface area contributed by atoms with E-state index in [2.05, 4.69) is 21.2 Å². The lowest BCUT2D eigenvalue weighted by Crippen LogP contribution is -2.19. The Labute approximate surface area is 135 Å². The smallest absolute Gasteiger partial charge is 0.224 e. The van der Waals surface area contributed by atoms with Crippen molar-refractivity contribution in [3.63, 3.8) is 0 Å². The second-order valence-electron chi connectivity index (χ2n) is 4.77. The molecule has 3 N–H and O–H groups in total. The van der Waals surface area contributed by atoms with E-state index in [0.29, 0.717) is 35.1 Å². The van der Waals surface area contributed by atoms with E-state index in [4.69, 9.17) is 22.1 Å². The van der Waals surface area contributed by atoms with Gasteiger partial charge in [0.05, 0.1) is 10.7 Å². The van der Waals surface area contributed by atoms with E-state index in [0.717, 1.165) is 15.7 Å². The predicted molar refractivity (Wildman–Crippen MR) is 87.0 cm³/mol. The topological polar surface area (TPSA) is 64.3 Å². The number of halogens is 2. The van der Waals surface area contributed by atoms with Crippen molar-refractivity contribution in [3.05, 3.63) is 45.4 Å². The van der Waals surface area contributed by atoms with E-state index in [-0.39, 0.29) is 5.91 Å². The molecule has 1 amide bonds. The molecule has 21 heavy (non-hydrogen) atoms. The van der Waals surface area contributed by atoms with Crippen molar-refractivity contribution in [1.29, 1.82) is 0 Å². The van der Waals surface area contributed by atoms with Crippen molar-refractivity contribution in [1.82, 2.24) is 0 Å². The quantitative estimate of drug-likeness (QED) is 0.775. The van der Waals surface area contributed by atoms with Gasteiger partial charge in [-0.1, -0.05) is 27.5 Å². The highest BCUT2D eigenvalue weighted by Gasteiger charge is 2.18. The van der Waals surface area contributed by atoms with Crippen LogP contribution >= 0.6 is 27.5 Å². The van der Waals surface area contributed by atoms with E-state index in [1.165, 1.54) is 0 Å². The molecule has 0 spiro atoms. The molecule has 0 bridgehead atoms. The molecule has 0 fully saturated rings. The highest BCUT2D eigenvalue weighted by atomic mass is 79.9. The Morgan fingerprint density at radius 1 is 1.19 bits per heavy atom. The first-order valence-corrected chi connectivity index (χ1v) is 7.55. The van der Waals surface area contributed by atoms with E-state index in [9.17, 15) is 4.79 Å². The maximum Gasteiger partial charge on any atom is 0.224 e. The zero-order chi connectivity index (χ0) is 15.0. The number of benzene rings is 2. The Morgan fingerprint density at radius 3 is 2.76 bits per heavy atom. The number of nitrogens with two attached hydrogens (primary N) is 1. The monoisotopic (exact) mass is 366 g/mol. The average Bonchev–Trinajstić information content (AvgIpc) is 2.42. The fourth-order valence-corrected chi connectivity index (χ4v) is 2.90. The summed E-state index contributed by atoms with van der Waals surface area (Å²) >= 11 is 9.49. The maximum absolute atomic E-state index is 11.4. The molecule has 0 saturated carbocycles. The molecule has 0 saturated heterocycles. The van der Waals surface area contributed by atoms with Gasteiger partial charge in [-0.05, 0) is 42.3 Å². The van der Waals surface area contributed by atoms with Crippen molar-refractivity contribution >= 4 is 44.8 Å². The fraction of sp³-hybridized carbons (Fsp3) is 0.133. The molecule has 2 aromatic rings. The van der Waals surface area contributed by atoms with Crippen LogP contribution in [-0.4, -0.2) is 5.91 Å². The molecule has 1 aliphatic heterocycles. The van der Waals surface area contributed by atoms with E-state index >= 15 is 0 Å². The number of anilines is 2. The van der Waals surface area contributed by atoms with E-state index in [1.54, 1.807) is 18.2 Å². The van der Waals surface area contributed by atoms with Gasteiger partial charge in [-0.2, -0.15) is 0 Å².